The topological polar surface area (TPSA) is 67.7 Å². The zero-order valence-corrected chi connectivity index (χ0v) is 17.8. The molecule has 2 aromatic rings. The molecule has 0 bridgehead atoms. The van der Waals surface area contributed by atoms with Crippen LogP contribution in [0.25, 0.3) is 0 Å². The first-order valence-corrected chi connectivity index (χ1v) is 10.2. The third kappa shape index (κ3) is 5.29. The molecule has 2 heterocycles. The lowest BCUT2D eigenvalue weighted by Crippen LogP contribution is -2.45. The zero-order valence-electron chi connectivity index (χ0n) is 17.0. The van der Waals surface area contributed by atoms with Crippen molar-refractivity contribution in [1.29, 1.82) is 0 Å². The van der Waals surface area contributed by atoms with E-state index in [1.54, 1.807) is 41.4 Å². The van der Waals surface area contributed by atoms with Crippen molar-refractivity contribution in [3.63, 3.8) is 0 Å². The molecular formula is C21H27ClN4O3. The monoisotopic (exact) mass is 418 g/mol. The van der Waals surface area contributed by atoms with Crippen LogP contribution in [-0.4, -0.2) is 53.4 Å². The Morgan fingerprint density at radius 1 is 1.38 bits per heavy atom. The van der Waals surface area contributed by atoms with Crippen molar-refractivity contribution in [3.05, 3.63) is 51.9 Å². The second-order valence-corrected chi connectivity index (χ2v) is 8.02. The molecule has 156 valence electrons. The van der Waals surface area contributed by atoms with E-state index in [-0.39, 0.29) is 30.2 Å². The van der Waals surface area contributed by atoms with Crippen molar-refractivity contribution in [2.75, 3.05) is 31.6 Å². The molecule has 1 aromatic carbocycles. The largest absolute Gasteiger partial charge is 0.484 e. The van der Waals surface area contributed by atoms with E-state index < -0.39 is 0 Å². The first kappa shape index (κ1) is 21.2. The molecule has 0 saturated carbocycles. The molecule has 1 aliphatic heterocycles. The summed E-state index contributed by atoms with van der Waals surface area (Å²) in [5.74, 6) is 0.445. The summed E-state index contributed by atoms with van der Waals surface area (Å²) in [6.07, 6.45) is 3.34. The van der Waals surface area contributed by atoms with Gasteiger partial charge >= 0.3 is 0 Å². The van der Waals surface area contributed by atoms with Crippen LogP contribution in [0.15, 0.2) is 41.3 Å². The Balaban J connectivity index is 1.64. The molecule has 1 fully saturated rings. The van der Waals surface area contributed by atoms with Crippen molar-refractivity contribution in [3.8, 4) is 5.75 Å². The van der Waals surface area contributed by atoms with E-state index in [1.807, 2.05) is 11.9 Å². The van der Waals surface area contributed by atoms with Gasteiger partial charge in [-0.25, -0.2) is 4.68 Å². The highest BCUT2D eigenvalue weighted by Crippen LogP contribution is 2.21. The van der Waals surface area contributed by atoms with Crippen LogP contribution in [0.4, 0.5) is 5.69 Å². The summed E-state index contributed by atoms with van der Waals surface area (Å²) in [6.45, 7) is 5.15. The lowest BCUT2D eigenvalue weighted by Gasteiger charge is -2.33. The van der Waals surface area contributed by atoms with Gasteiger partial charge in [0.15, 0.2) is 6.61 Å². The Kier molecular flexibility index (Phi) is 6.79. The van der Waals surface area contributed by atoms with Gasteiger partial charge in [0.2, 0.25) is 0 Å². The lowest BCUT2D eigenvalue weighted by atomic mass is 10.1. The normalized spacial score (nSPS) is 16.7. The number of carbonyl (C=O) groups is 1. The van der Waals surface area contributed by atoms with Crippen molar-refractivity contribution in [1.82, 2.24) is 14.7 Å². The molecule has 0 N–H and O–H groups in total. The summed E-state index contributed by atoms with van der Waals surface area (Å²) in [4.78, 5) is 28.9. The number of rotatable bonds is 6. The molecule has 1 atom stereocenters. The third-order valence-electron chi connectivity index (χ3n) is 5.25. The van der Waals surface area contributed by atoms with Crippen LogP contribution in [0.1, 0.15) is 32.7 Å². The van der Waals surface area contributed by atoms with E-state index in [2.05, 4.69) is 18.9 Å². The quantitative estimate of drug-likeness (QED) is 0.721. The van der Waals surface area contributed by atoms with Gasteiger partial charge in [-0.05, 0) is 44.9 Å². The lowest BCUT2D eigenvalue weighted by molar-refractivity contribution is -0.135. The maximum absolute atomic E-state index is 12.6. The number of anilines is 1. The van der Waals surface area contributed by atoms with E-state index in [9.17, 15) is 9.59 Å². The van der Waals surface area contributed by atoms with Gasteiger partial charge in [-0.2, -0.15) is 5.10 Å². The number of piperidine rings is 1. The first-order chi connectivity index (χ1) is 13.8. The molecule has 7 nitrogen and oxygen atoms in total. The van der Waals surface area contributed by atoms with Crippen LogP contribution in [0.3, 0.4) is 0 Å². The van der Waals surface area contributed by atoms with Crippen molar-refractivity contribution < 1.29 is 9.53 Å². The van der Waals surface area contributed by atoms with Gasteiger partial charge in [-0.1, -0.05) is 17.7 Å². The number of ether oxygens (including phenoxy) is 1. The van der Waals surface area contributed by atoms with Crippen LogP contribution in [0.2, 0.25) is 5.02 Å². The predicted octanol–water partition coefficient (Wildman–Crippen LogP) is 2.98. The number of likely N-dealkylation sites (tertiary alicyclic amines) is 1. The first-order valence-electron chi connectivity index (χ1n) is 9.83. The van der Waals surface area contributed by atoms with Crippen LogP contribution in [0.5, 0.6) is 5.75 Å². The highest BCUT2D eigenvalue weighted by molar-refractivity contribution is 6.30. The van der Waals surface area contributed by atoms with Crippen LogP contribution in [0, 0.1) is 0 Å². The fourth-order valence-corrected chi connectivity index (χ4v) is 3.53. The number of hydrogen-bond acceptors (Lipinski definition) is 5. The SMILES string of the molecule is CC(C)N(C)c1cnn(C2CCCN(C(=O)COc3cccc(Cl)c3)C2)c(=O)c1. The Bertz CT molecular complexity index is 915. The minimum absolute atomic E-state index is 0.0620. The molecule has 1 saturated heterocycles. The second-order valence-electron chi connectivity index (χ2n) is 7.58. The Labute approximate surface area is 175 Å². The smallest absolute Gasteiger partial charge is 0.269 e. The Hall–Kier alpha value is -2.54. The highest BCUT2D eigenvalue weighted by atomic mass is 35.5. The molecule has 1 aliphatic rings. The van der Waals surface area contributed by atoms with Crippen molar-refractivity contribution in [2.45, 2.75) is 38.8 Å². The minimum atomic E-state index is -0.149. The number of aromatic nitrogens is 2. The molecule has 0 aliphatic carbocycles. The maximum Gasteiger partial charge on any atom is 0.269 e. The minimum Gasteiger partial charge on any atom is -0.484 e. The number of nitrogens with zero attached hydrogens (tertiary/aromatic N) is 4. The molecular weight excluding hydrogens is 392 g/mol. The number of hydrogen-bond donors (Lipinski definition) is 0. The summed E-state index contributed by atoms with van der Waals surface area (Å²) in [7, 11) is 1.94. The van der Waals surface area contributed by atoms with Crippen molar-refractivity contribution in [2.24, 2.45) is 0 Å². The number of benzene rings is 1. The van der Waals surface area contributed by atoms with Gasteiger partial charge in [0.25, 0.3) is 11.5 Å². The molecule has 1 aromatic heterocycles. The fraction of sp³-hybridized carbons (Fsp3) is 0.476. The molecule has 1 amide bonds. The maximum atomic E-state index is 12.6. The summed E-state index contributed by atoms with van der Waals surface area (Å²) in [5, 5.41) is 4.94. The Morgan fingerprint density at radius 3 is 2.86 bits per heavy atom. The van der Waals surface area contributed by atoms with E-state index in [4.69, 9.17) is 16.3 Å². The van der Waals surface area contributed by atoms with E-state index in [0.29, 0.717) is 23.9 Å². The fourth-order valence-electron chi connectivity index (χ4n) is 3.35. The molecule has 1 unspecified atom stereocenters. The van der Waals surface area contributed by atoms with Gasteiger partial charge in [0.05, 0.1) is 17.9 Å². The molecule has 3 rings (SSSR count). The number of halogens is 1. The van der Waals surface area contributed by atoms with Crippen LogP contribution in [-0.2, 0) is 4.79 Å². The van der Waals surface area contributed by atoms with Gasteiger partial charge in [0, 0.05) is 37.3 Å². The summed E-state index contributed by atoms with van der Waals surface area (Å²) < 4.78 is 7.06. The molecule has 8 heteroatoms. The van der Waals surface area contributed by atoms with E-state index in [1.165, 1.54) is 4.68 Å². The van der Waals surface area contributed by atoms with Crippen LogP contribution < -0.4 is 15.2 Å². The second kappa shape index (κ2) is 9.31. The molecule has 29 heavy (non-hydrogen) atoms. The average Bonchev–Trinajstić information content (AvgIpc) is 2.71. The van der Waals surface area contributed by atoms with Gasteiger partial charge in [0.1, 0.15) is 5.75 Å². The standard InChI is InChI=1S/C21H27ClN4O3/c1-15(2)24(3)18-11-20(27)26(23-12-18)17-7-5-9-25(13-17)21(28)14-29-19-8-4-6-16(22)10-19/h4,6,8,10-12,15,17H,5,7,9,13-14H2,1-3H3. The van der Waals surface area contributed by atoms with Gasteiger partial charge < -0.3 is 14.5 Å². The number of amides is 1. The van der Waals surface area contributed by atoms with E-state index >= 15 is 0 Å². The summed E-state index contributed by atoms with van der Waals surface area (Å²) >= 11 is 5.94. The number of carbonyl (C=O) groups excluding carboxylic acids is 1. The molecule has 0 spiro atoms. The van der Waals surface area contributed by atoms with Gasteiger partial charge in [-0.3, -0.25) is 9.59 Å². The van der Waals surface area contributed by atoms with Gasteiger partial charge in [-0.15, -0.1) is 0 Å². The summed E-state index contributed by atoms with van der Waals surface area (Å²) in [6, 6.07) is 8.71. The third-order valence-corrected chi connectivity index (χ3v) is 5.48. The zero-order chi connectivity index (χ0) is 21.0. The predicted molar refractivity (Wildman–Crippen MR) is 114 cm³/mol. The van der Waals surface area contributed by atoms with Crippen LogP contribution >= 0.6 is 11.6 Å². The Morgan fingerprint density at radius 2 is 2.17 bits per heavy atom. The average molecular weight is 419 g/mol. The highest BCUT2D eigenvalue weighted by Gasteiger charge is 2.26. The van der Waals surface area contributed by atoms with Crippen molar-refractivity contribution >= 4 is 23.2 Å². The summed E-state index contributed by atoms with van der Waals surface area (Å²) in [5.41, 5.74) is 0.643. The van der Waals surface area contributed by atoms with E-state index in [0.717, 1.165) is 18.5 Å². The molecule has 0 radical (unpaired) electrons.